The van der Waals surface area contributed by atoms with Crippen LogP contribution in [0, 0.1) is 5.92 Å². The van der Waals surface area contributed by atoms with Crippen LogP contribution in [0.1, 0.15) is 36.8 Å². The van der Waals surface area contributed by atoms with Crippen molar-refractivity contribution in [2.45, 2.75) is 37.6 Å². The van der Waals surface area contributed by atoms with E-state index in [4.69, 9.17) is 10.5 Å². The molecule has 0 spiro atoms. The molecule has 1 atom stereocenters. The van der Waals surface area contributed by atoms with Crippen LogP contribution in [0.5, 0.6) is 5.75 Å². The molecule has 2 aliphatic carbocycles. The molecular weight excluding hydrogens is 252 g/mol. The Hall–Kier alpha value is -1.55. The molecule has 1 unspecified atom stereocenters. The largest absolute Gasteiger partial charge is 0.497 e. The van der Waals surface area contributed by atoms with E-state index in [1.165, 1.54) is 18.4 Å². The molecule has 0 heterocycles. The van der Waals surface area contributed by atoms with Crippen molar-refractivity contribution in [2.75, 3.05) is 13.7 Å². The summed E-state index contributed by atoms with van der Waals surface area (Å²) in [5, 5.41) is 3.47. The molecule has 1 aromatic carbocycles. The maximum Gasteiger partial charge on any atom is 0.242 e. The van der Waals surface area contributed by atoms with Crippen LogP contribution in [0.3, 0.4) is 0 Å². The maximum atomic E-state index is 12.2. The molecule has 0 saturated heterocycles. The van der Waals surface area contributed by atoms with Crippen molar-refractivity contribution in [3.8, 4) is 5.75 Å². The standard InChI is InChI=1S/C16H22N2O2/c1-20-13-7-6-12-3-2-8-16(15(17)19,14(12)9-13)18-10-11-4-5-11/h6-7,9,11,18H,2-5,8,10H2,1H3,(H2,17,19). The first-order valence-corrected chi connectivity index (χ1v) is 7.38. The average Bonchev–Trinajstić information content (AvgIpc) is 3.28. The van der Waals surface area contributed by atoms with Gasteiger partial charge in [-0.3, -0.25) is 10.1 Å². The second kappa shape index (κ2) is 5.09. The normalized spacial score (nSPS) is 25.1. The van der Waals surface area contributed by atoms with Gasteiger partial charge in [-0.25, -0.2) is 0 Å². The highest BCUT2D eigenvalue weighted by atomic mass is 16.5. The molecule has 1 amide bonds. The van der Waals surface area contributed by atoms with Crippen LogP contribution in [-0.2, 0) is 16.8 Å². The number of hydrogen-bond donors (Lipinski definition) is 2. The lowest BCUT2D eigenvalue weighted by atomic mass is 9.75. The summed E-state index contributed by atoms with van der Waals surface area (Å²) in [5.41, 5.74) is 7.27. The lowest BCUT2D eigenvalue weighted by Crippen LogP contribution is -2.55. The Morgan fingerprint density at radius 3 is 2.95 bits per heavy atom. The number of primary amides is 1. The molecule has 1 saturated carbocycles. The van der Waals surface area contributed by atoms with Crippen molar-refractivity contribution in [3.05, 3.63) is 29.3 Å². The monoisotopic (exact) mass is 274 g/mol. The van der Waals surface area contributed by atoms with Gasteiger partial charge in [0.15, 0.2) is 0 Å². The van der Waals surface area contributed by atoms with Gasteiger partial charge in [0.1, 0.15) is 11.3 Å². The number of nitrogens with one attached hydrogen (secondary N) is 1. The molecule has 3 N–H and O–H groups in total. The van der Waals surface area contributed by atoms with Gasteiger partial charge < -0.3 is 10.5 Å². The van der Waals surface area contributed by atoms with Crippen molar-refractivity contribution in [3.63, 3.8) is 0 Å². The van der Waals surface area contributed by atoms with Crippen LogP contribution < -0.4 is 15.8 Å². The quantitative estimate of drug-likeness (QED) is 0.859. The molecule has 0 aliphatic heterocycles. The molecular formula is C16H22N2O2. The number of rotatable bonds is 5. The highest BCUT2D eigenvalue weighted by molar-refractivity contribution is 5.87. The Labute approximate surface area is 119 Å². The number of nitrogens with two attached hydrogens (primary N) is 1. The summed E-state index contributed by atoms with van der Waals surface area (Å²) in [6, 6.07) is 5.99. The second-order valence-corrected chi connectivity index (χ2v) is 5.97. The second-order valence-electron chi connectivity index (χ2n) is 5.97. The number of hydrogen-bond acceptors (Lipinski definition) is 3. The van der Waals surface area contributed by atoms with Gasteiger partial charge in [-0.1, -0.05) is 6.07 Å². The first-order valence-electron chi connectivity index (χ1n) is 7.38. The number of fused-ring (bicyclic) bond motifs is 1. The van der Waals surface area contributed by atoms with E-state index in [9.17, 15) is 4.79 Å². The molecule has 0 bridgehead atoms. The van der Waals surface area contributed by atoms with E-state index in [2.05, 4.69) is 11.4 Å². The zero-order valence-corrected chi connectivity index (χ0v) is 11.9. The van der Waals surface area contributed by atoms with E-state index in [1.807, 2.05) is 12.1 Å². The van der Waals surface area contributed by atoms with Gasteiger partial charge in [0.2, 0.25) is 5.91 Å². The Balaban J connectivity index is 1.99. The molecule has 1 aromatic rings. The predicted octanol–water partition coefficient (Wildman–Crippen LogP) is 1.71. The van der Waals surface area contributed by atoms with E-state index in [-0.39, 0.29) is 5.91 Å². The number of amides is 1. The minimum absolute atomic E-state index is 0.271. The fraction of sp³-hybridized carbons (Fsp3) is 0.562. The number of ether oxygens (including phenoxy) is 1. The smallest absolute Gasteiger partial charge is 0.242 e. The SMILES string of the molecule is COc1ccc2c(c1)C(NCC1CC1)(C(N)=O)CCC2. The third-order valence-corrected chi connectivity index (χ3v) is 4.58. The topological polar surface area (TPSA) is 64.3 Å². The molecule has 108 valence electrons. The summed E-state index contributed by atoms with van der Waals surface area (Å²) in [7, 11) is 1.65. The summed E-state index contributed by atoms with van der Waals surface area (Å²) in [6.07, 6.45) is 5.27. The molecule has 4 heteroatoms. The average molecular weight is 274 g/mol. The summed E-state index contributed by atoms with van der Waals surface area (Å²) in [6.45, 7) is 0.875. The summed E-state index contributed by atoms with van der Waals surface area (Å²) < 4.78 is 5.31. The first kappa shape index (κ1) is 13.4. The number of carbonyl (C=O) groups is 1. The Morgan fingerprint density at radius 1 is 1.50 bits per heavy atom. The van der Waals surface area contributed by atoms with Gasteiger partial charge >= 0.3 is 0 Å². The Bertz CT molecular complexity index is 525. The predicted molar refractivity (Wildman–Crippen MR) is 77.5 cm³/mol. The molecule has 2 aliphatic rings. The number of methoxy groups -OCH3 is 1. The third-order valence-electron chi connectivity index (χ3n) is 4.58. The van der Waals surface area contributed by atoms with Crippen LogP contribution >= 0.6 is 0 Å². The van der Waals surface area contributed by atoms with Crippen LogP contribution in [-0.4, -0.2) is 19.6 Å². The summed E-state index contributed by atoms with van der Waals surface area (Å²) in [5.74, 6) is 1.22. The zero-order valence-electron chi connectivity index (χ0n) is 11.9. The van der Waals surface area contributed by atoms with Crippen molar-refractivity contribution in [2.24, 2.45) is 11.7 Å². The molecule has 20 heavy (non-hydrogen) atoms. The first-order chi connectivity index (χ1) is 9.65. The Morgan fingerprint density at radius 2 is 2.30 bits per heavy atom. The number of benzene rings is 1. The highest BCUT2D eigenvalue weighted by Gasteiger charge is 2.42. The van der Waals surface area contributed by atoms with Crippen molar-refractivity contribution < 1.29 is 9.53 Å². The molecule has 0 aromatic heterocycles. The maximum absolute atomic E-state index is 12.2. The summed E-state index contributed by atoms with van der Waals surface area (Å²) >= 11 is 0. The number of aryl methyl sites for hydroxylation is 1. The number of carbonyl (C=O) groups excluding carboxylic acids is 1. The lowest BCUT2D eigenvalue weighted by molar-refractivity contribution is -0.125. The van der Waals surface area contributed by atoms with E-state index in [0.29, 0.717) is 5.92 Å². The van der Waals surface area contributed by atoms with E-state index in [1.54, 1.807) is 7.11 Å². The van der Waals surface area contributed by atoms with Gasteiger partial charge in [0, 0.05) is 0 Å². The van der Waals surface area contributed by atoms with Gasteiger partial charge in [-0.15, -0.1) is 0 Å². The van der Waals surface area contributed by atoms with E-state index in [0.717, 1.165) is 37.1 Å². The fourth-order valence-corrected chi connectivity index (χ4v) is 3.14. The lowest BCUT2D eigenvalue weighted by Gasteiger charge is -2.37. The van der Waals surface area contributed by atoms with Gasteiger partial charge in [0.25, 0.3) is 0 Å². The van der Waals surface area contributed by atoms with Crippen LogP contribution in [0.4, 0.5) is 0 Å². The highest BCUT2D eigenvalue weighted by Crippen LogP contribution is 2.38. The minimum Gasteiger partial charge on any atom is -0.497 e. The van der Waals surface area contributed by atoms with Crippen LogP contribution in [0.15, 0.2) is 18.2 Å². The van der Waals surface area contributed by atoms with E-state index < -0.39 is 5.54 Å². The van der Waals surface area contributed by atoms with Crippen molar-refractivity contribution >= 4 is 5.91 Å². The zero-order chi connectivity index (χ0) is 14.2. The van der Waals surface area contributed by atoms with Crippen LogP contribution in [0.2, 0.25) is 0 Å². The van der Waals surface area contributed by atoms with Crippen molar-refractivity contribution in [1.29, 1.82) is 0 Å². The Kier molecular flexibility index (Phi) is 3.42. The van der Waals surface area contributed by atoms with Gasteiger partial charge in [0.05, 0.1) is 7.11 Å². The van der Waals surface area contributed by atoms with Crippen LogP contribution in [0.25, 0.3) is 0 Å². The van der Waals surface area contributed by atoms with Gasteiger partial charge in [-0.2, -0.15) is 0 Å². The molecule has 0 radical (unpaired) electrons. The molecule has 4 nitrogen and oxygen atoms in total. The van der Waals surface area contributed by atoms with Gasteiger partial charge in [-0.05, 0) is 67.8 Å². The molecule has 3 rings (SSSR count). The molecule has 1 fully saturated rings. The van der Waals surface area contributed by atoms with Crippen molar-refractivity contribution in [1.82, 2.24) is 5.32 Å². The third kappa shape index (κ3) is 2.29. The summed E-state index contributed by atoms with van der Waals surface area (Å²) in [4.78, 5) is 12.2. The van der Waals surface area contributed by atoms with E-state index >= 15 is 0 Å². The minimum atomic E-state index is -0.718. The fourth-order valence-electron chi connectivity index (χ4n) is 3.14.